The maximum atomic E-state index is 13.8. The third kappa shape index (κ3) is 4.67. The number of sulfonamides is 1. The minimum Gasteiger partial charge on any atom is -0.340 e. The van der Waals surface area contributed by atoms with E-state index in [1.807, 2.05) is 0 Å². The molecular formula is C20H16F2N6O2S. The van der Waals surface area contributed by atoms with Crippen LogP contribution in [0.1, 0.15) is 5.82 Å². The van der Waals surface area contributed by atoms with Gasteiger partial charge >= 0.3 is 0 Å². The molecule has 0 atom stereocenters. The molecule has 0 unspecified atom stereocenters. The quantitative estimate of drug-likeness (QED) is 0.471. The molecule has 158 valence electrons. The van der Waals surface area contributed by atoms with E-state index in [2.05, 4.69) is 25.0 Å². The van der Waals surface area contributed by atoms with E-state index in [1.165, 1.54) is 12.1 Å². The van der Waals surface area contributed by atoms with Crippen LogP contribution in [0.15, 0.2) is 72.1 Å². The molecule has 0 spiro atoms. The van der Waals surface area contributed by atoms with Crippen LogP contribution in [0, 0.1) is 18.6 Å². The summed E-state index contributed by atoms with van der Waals surface area (Å²) in [6.45, 7) is 1.76. The molecular weight excluding hydrogens is 426 g/mol. The highest BCUT2D eigenvalue weighted by Gasteiger charge is 2.20. The molecule has 2 heterocycles. The Kier molecular flexibility index (Phi) is 5.34. The van der Waals surface area contributed by atoms with Crippen molar-refractivity contribution >= 4 is 27.2 Å². The number of aryl methyl sites for hydroxylation is 1. The lowest BCUT2D eigenvalue weighted by molar-refractivity contribution is 0.555. The van der Waals surface area contributed by atoms with E-state index in [4.69, 9.17) is 0 Å². The largest absolute Gasteiger partial charge is 0.340 e. The summed E-state index contributed by atoms with van der Waals surface area (Å²) in [5.74, 6) is -0.174. The second kappa shape index (κ2) is 8.11. The van der Waals surface area contributed by atoms with Gasteiger partial charge in [-0.2, -0.15) is 0 Å². The summed E-state index contributed by atoms with van der Waals surface area (Å²) in [5, 5.41) is 3.11. The molecule has 2 N–H and O–H groups in total. The zero-order valence-corrected chi connectivity index (χ0v) is 16.9. The van der Waals surface area contributed by atoms with Crippen molar-refractivity contribution in [1.82, 2.24) is 19.5 Å². The minimum absolute atomic E-state index is 0.187. The van der Waals surface area contributed by atoms with Crippen molar-refractivity contribution in [3.8, 4) is 5.82 Å². The molecule has 0 aliphatic rings. The van der Waals surface area contributed by atoms with Gasteiger partial charge < -0.3 is 5.32 Å². The molecule has 0 saturated carbocycles. The van der Waals surface area contributed by atoms with Crippen LogP contribution in [-0.2, 0) is 10.0 Å². The summed E-state index contributed by atoms with van der Waals surface area (Å²) in [4.78, 5) is 11.9. The monoisotopic (exact) mass is 442 g/mol. The van der Waals surface area contributed by atoms with Gasteiger partial charge in [0.05, 0.1) is 0 Å². The van der Waals surface area contributed by atoms with Gasteiger partial charge in [-0.05, 0) is 49.4 Å². The highest BCUT2D eigenvalue weighted by Crippen LogP contribution is 2.23. The van der Waals surface area contributed by atoms with Gasteiger partial charge in [-0.3, -0.25) is 9.29 Å². The van der Waals surface area contributed by atoms with E-state index < -0.39 is 26.6 Å². The van der Waals surface area contributed by atoms with Crippen LogP contribution in [0.25, 0.3) is 5.82 Å². The maximum Gasteiger partial charge on any atom is 0.264 e. The molecule has 31 heavy (non-hydrogen) atoms. The smallest absolute Gasteiger partial charge is 0.264 e. The Balaban J connectivity index is 1.52. The van der Waals surface area contributed by atoms with E-state index >= 15 is 0 Å². The normalized spacial score (nSPS) is 11.3. The van der Waals surface area contributed by atoms with Gasteiger partial charge in [-0.15, -0.1) is 0 Å². The number of nitrogens with one attached hydrogen (secondary N) is 2. The second-order valence-electron chi connectivity index (χ2n) is 6.51. The summed E-state index contributed by atoms with van der Waals surface area (Å²) < 4.78 is 55.9. The van der Waals surface area contributed by atoms with Crippen LogP contribution < -0.4 is 10.0 Å². The molecule has 0 saturated heterocycles. The van der Waals surface area contributed by atoms with Crippen molar-refractivity contribution in [2.45, 2.75) is 11.8 Å². The fourth-order valence-electron chi connectivity index (χ4n) is 2.81. The van der Waals surface area contributed by atoms with Gasteiger partial charge in [0.25, 0.3) is 10.0 Å². The highest BCUT2D eigenvalue weighted by atomic mass is 32.2. The Labute approximate surface area is 176 Å². The number of aromatic nitrogens is 4. The summed E-state index contributed by atoms with van der Waals surface area (Å²) in [7, 11) is -4.29. The molecule has 0 aliphatic carbocycles. The van der Waals surface area contributed by atoms with E-state index in [-0.39, 0.29) is 5.69 Å². The van der Waals surface area contributed by atoms with Crippen molar-refractivity contribution in [3.05, 3.63) is 84.7 Å². The van der Waals surface area contributed by atoms with Crippen molar-refractivity contribution in [2.75, 3.05) is 10.0 Å². The lowest BCUT2D eigenvalue weighted by Crippen LogP contribution is -2.15. The predicted octanol–water partition coefficient (Wildman–Crippen LogP) is 3.79. The molecule has 0 aliphatic heterocycles. The number of benzene rings is 2. The molecule has 4 rings (SSSR count). The van der Waals surface area contributed by atoms with Crippen LogP contribution in [0.2, 0.25) is 0 Å². The molecule has 8 nitrogen and oxygen atoms in total. The number of anilines is 3. The molecule has 0 bridgehead atoms. The Morgan fingerprint density at radius 1 is 0.968 bits per heavy atom. The van der Waals surface area contributed by atoms with Crippen LogP contribution in [-0.4, -0.2) is 27.9 Å². The fourth-order valence-corrected chi connectivity index (χ4v) is 3.95. The number of hydrogen-bond donors (Lipinski definition) is 2. The Morgan fingerprint density at radius 2 is 1.71 bits per heavy atom. The molecule has 0 radical (unpaired) electrons. The average Bonchev–Trinajstić information content (AvgIpc) is 3.26. The topological polar surface area (TPSA) is 102 Å². The number of nitrogens with zero attached hydrogens (tertiary/aromatic N) is 4. The van der Waals surface area contributed by atoms with E-state index in [0.29, 0.717) is 29.2 Å². The van der Waals surface area contributed by atoms with Crippen LogP contribution >= 0.6 is 0 Å². The van der Waals surface area contributed by atoms with E-state index in [1.54, 1.807) is 48.4 Å². The highest BCUT2D eigenvalue weighted by molar-refractivity contribution is 7.92. The van der Waals surface area contributed by atoms with Crippen molar-refractivity contribution in [3.63, 3.8) is 0 Å². The fraction of sp³-hybridized carbons (Fsp3) is 0.0500. The first-order valence-electron chi connectivity index (χ1n) is 8.99. The van der Waals surface area contributed by atoms with Crippen molar-refractivity contribution in [2.24, 2.45) is 0 Å². The lowest BCUT2D eigenvalue weighted by Gasteiger charge is -2.11. The van der Waals surface area contributed by atoms with Gasteiger partial charge in [0.2, 0.25) is 0 Å². The molecule has 11 heteroatoms. The standard InChI is InChI=1S/C20H16F2N6O2S/c1-13-24-19(11-20(25-13)28-9-8-23-12-28)26-15-3-5-16(6-4-15)27-31(29,30)18-10-14(21)2-7-17(18)22/h2-12,27H,1H3,(H,24,25,26). The average molecular weight is 442 g/mol. The van der Waals surface area contributed by atoms with E-state index in [0.717, 1.165) is 12.1 Å². The van der Waals surface area contributed by atoms with Gasteiger partial charge in [-0.25, -0.2) is 32.2 Å². The molecule has 2 aromatic heterocycles. The summed E-state index contributed by atoms with van der Waals surface area (Å²) in [5.41, 5.74) is 0.821. The zero-order chi connectivity index (χ0) is 22.0. The van der Waals surface area contributed by atoms with Gasteiger partial charge in [0.1, 0.15) is 40.3 Å². The molecule has 0 fully saturated rings. The third-order valence-electron chi connectivity index (χ3n) is 4.19. The van der Waals surface area contributed by atoms with Crippen molar-refractivity contribution < 1.29 is 17.2 Å². The summed E-state index contributed by atoms with van der Waals surface area (Å²) in [6, 6.07) is 10.2. The molecule has 2 aromatic carbocycles. The molecule has 0 amide bonds. The first-order valence-corrected chi connectivity index (χ1v) is 10.5. The van der Waals surface area contributed by atoms with Crippen LogP contribution in [0.3, 0.4) is 0 Å². The van der Waals surface area contributed by atoms with Gasteiger partial charge in [-0.1, -0.05) is 0 Å². The first kappa shape index (κ1) is 20.4. The van der Waals surface area contributed by atoms with Crippen LogP contribution in [0.4, 0.5) is 26.0 Å². The Bertz CT molecular complexity index is 1330. The first-order chi connectivity index (χ1) is 14.8. The van der Waals surface area contributed by atoms with E-state index in [9.17, 15) is 17.2 Å². The third-order valence-corrected chi connectivity index (χ3v) is 5.58. The number of hydrogen-bond acceptors (Lipinski definition) is 6. The Hall–Kier alpha value is -3.86. The number of rotatable bonds is 6. The summed E-state index contributed by atoms with van der Waals surface area (Å²) >= 11 is 0. The second-order valence-corrected chi connectivity index (χ2v) is 8.16. The maximum absolute atomic E-state index is 13.8. The van der Waals surface area contributed by atoms with Gasteiger partial charge in [0.15, 0.2) is 0 Å². The van der Waals surface area contributed by atoms with Crippen LogP contribution in [0.5, 0.6) is 0 Å². The summed E-state index contributed by atoms with van der Waals surface area (Å²) in [6.07, 6.45) is 5.02. The number of imidazole rings is 1. The SMILES string of the molecule is Cc1nc(Nc2ccc(NS(=O)(=O)c3cc(F)ccc3F)cc2)cc(-n2ccnc2)n1. The minimum atomic E-state index is -4.29. The zero-order valence-electron chi connectivity index (χ0n) is 16.1. The lowest BCUT2D eigenvalue weighted by atomic mass is 10.3. The Morgan fingerprint density at radius 3 is 2.42 bits per heavy atom. The number of halogens is 2. The molecule has 4 aromatic rings. The predicted molar refractivity (Wildman–Crippen MR) is 111 cm³/mol. The van der Waals surface area contributed by atoms with Crippen molar-refractivity contribution in [1.29, 1.82) is 0 Å². The van der Waals surface area contributed by atoms with Gasteiger partial charge in [0, 0.05) is 29.8 Å².